The van der Waals surface area contributed by atoms with Gasteiger partial charge in [-0.25, -0.2) is 0 Å². The van der Waals surface area contributed by atoms with Gasteiger partial charge in [-0.2, -0.15) is 5.10 Å². The summed E-state index contributed by atoms with van der Waals surface area (Å²) in [6.45, 7) is 2.18. The number of allylic oxidation sites excluding steroid dienone is 1. The van der Waals surface area contributed by atoms with Gasteiger partial charge in [-0.1, -0.05) is 54.6 Å². The Morgan fingerprint density at radius 1 is 1.00 bits per heavy atom. The summed E-state index contributed by atoms with van der Waals surface area (Å²) in [4.78, 5) is 12.5. The SMILES string of the molecule is COc1ccc(/C=C/C(=O)c2cn(C)nc2C)cc1COc1ccc(-c2ccccc2)cc1. The molecular weight excluding hydrogens is 412 g/mol. The molecule has 3 aromatic carbocycles. The van der Waals surface area contributed by atoms with Gasteiger partial charge in [-0.05, 0) is 54.0 Å². The lowest BCUT2D eigenvalue weighted by atomic mass is 10.1. The van der Waals surface area contributed by atoms with E-state index >= 15 is 0 Å². The van der Waals surface area contributed by atoms with E-state index in [0.717, 1.165) is 28.2 Å². The molecule has 0 aliphatic rings. The predicted octanol–water partition coefficient (Wildman–Crippen LogP) is 5.88. The fraction of sp³-hybridized carbons (Fsp3) is 0.143. The van der Waals surface area contributed by atoms with Crippen LogP contribution in [-0.2, 0) is 13.7 Å². The van der Waals surface area contributed by atoms with Gasteiger partial charge in [0.05, 0.1) is 18.4 Å². The Labute approximate surface area is 193 Å². The van der Waals surface area contributed by atoms with Crippen LogP contribution in [-0.4, -0.2) is 22.7 Å². The van der Waals surface area contributed by atoms with E-state index < -0.39 is 0 Å². The maximum atomic E-state index is 12.5. The number of ketones is 1. The number of aryl methyl sites for hydroxylation is 2. The molecule has 0 aliphatic carbocycles. The first-order valence-electron chi connectivity index (χ1n) is 10.7. The van der Waals surface area contributed by atoms with Crippen LogP contribution in [0, 0.1) is 6.92 Å². The highest BCUT2D eigenvalue weighted by Gasteiger charge is 2.10. The second-order valence-corrected chi connectivity index (χ2v) is 7.75. The molecule has 0 radical (unpaired) electrons. The minimum absolute atomic E-state index is 0.0762. The second kappa shape index (κ2) is 10.0. The maximum Gasteiger partial charge on any atom is 0.189 e. The van der Waals surface area contributed by atoms with E-state index in [1.165, 1.54) is 5.56 Å². The van der Waals surface area contributed by atoms with Gasteiger partial charge in [0.25, 0.3) is 0 Å². The van der Waals surface area contributed by atoms with Crippen molar-refractivity contribution in [1.82, 2.24) is 9.78 Å². The fourth-order valence-corrected chi connectivity index (χ4v) is 3.65. The van der Waals surface area contributed by atoms with E-state index in [-0.39, 0.29) is 5.78 Å². The standard InChI is InChI=1S/C28H26N2O3/c1-20-26(18-30(2)29-20)27(31)15-9-21-10-16-28(32-3)24(17-21)19-33-25-13-11-23(12-14-25)22-7-5-4-6-8-22/h4-18H,19H2,1-3H3/b15-9+. The van der Waals surface area contributed by atoms with E-state index in [1.807, 2.05) is 67.6 Å². The third-order valence-corrected chi connectivity index (χ3v) is 5.37. The number of hydrogen-bond donors (Lipinski definition) is 0. The number of hydrogen-bond acceptors (Lipinski definition) is 4. The Balaban J connectivity index is 1.46. The summed E-state index contributed by atoms with van der Waals surface area (Å²) in [5, 5.41) is 4.23. The Morgan fingerprint density at radius 2 is 1.73 bits per heavy atom. The molecule has 0 spiro atoms. The number of nitrogens with zero attached hydrogens (tertiary/aromatic N) is 2. The molecule has 0 fully saturated rings. The van der Waals surface area contributed by atoms with Crippen molar-refractivity contribution in [2.24, 2.45) is 7.05 Å². The Kier molecular flexibility index (Phi) is 6.69. The van der Waals surface area contributed by atoms with Crippen molar-refractivity contribution in [3.8, 4) is 22.6 Å². The van der Waals surface area contributed by atoms with E-state index in [1.54, 1.807) is 37.2 Å². The van der Waals surface area contributed by atoms with Crippen molar-refractivity contribution >= 4 is 11.9 Å². The highest BCUT2D eigenvalue weighted by molar-refractivity contribution is 6.07. The van der Waals surface area contributed by atoms with Crippen molar-refractivity contribution < 1.29 is 14.3 Å². The number of aromatic nitrogens is 2. The molecule has 4 rings (SSSR count). The summed E-state index contributed by atoms with van der Waals surface area (Å²) in [6, 6.07) is 24.0. The van der Waals surface area contributed by atoms with Crippen LogP contribution in [0.3, 0.4) is 0 Å². The van der Waals surface area contributed by atoms with Crippen LogP contribution < -0.4 is 9.47 Å². The number of rotatable bonds is 8. The summed E-state index contributed by atoms with van der Waals surface area (Å²) < 4.78 is 13.2. The van der Waals surface area contributed by atoms with Crippen molar-refractivity contribution in [3.05, 3.63) is 107 Å². The monoisotopic (exact) mass is 438 g/mol. The molecule has 33 heavy (non-hydrogen) atoms. The molecule has 1 aromatic heterocycles. The van der Waals surface area contributed by atoms with Crippen LogP contribution in [0.4, 0.5) is 0 Å². The van der Waals surface area contributed by atoms with E-state index in [9.17, 15) is 4.79 Å². The number of methoxy groups -OCH3 is 1. The van der Waals surface area contributed by atoms with Gasteiger partial charge in [0.2, 0.25) is 0 Å². The largest absolute Gasteiger partial charge is 0.496 e. The van der Waals surface area contributed by atoms with E-state index in [2.05, 4.69) is 17.2 Å². The fourth-order valence-electron chi connectivity index (χ4n) is 3.65. The molecule has 0 atom stereocenters. The smallest absolute Gasteiger partial charge is 0.189 e. The molecule has 5 nitrogen and oxygen atoms in total. The van der Waals surface area contributed by atoms with E-state index in [4.69, 9.17) is 9.47 Å². The second-order valence-electron chi connectivity index (χ2n) is 7.75. The molecular formula is C28H26N2O3. The third kappa shape index (κ3) is 5.39. The van der Waals surface area contributed by atoms with E-state index in [0.29, 0.717) is 17.9 Å². The highest BCUT2D eigenvalue weighted by Crippen LogP contribution is 2.25. The quantitative estimate of drug-likeness (QED) is 0.255. The summed E-state index contributed by atoms with van der Waals surface area (Å²) >= 11 is 0. The van der Waals surface area contributed by atoms with Crippen molar-refractivity contribution in [2.75, 3.05) is 7.11 Å². The molecule has 0 aliphatic heterocycles. The van der Waals surface area contributed by atoms with Gasteiger partial charge in [0, 0.05) is 18.8 Å². The Morgan fingerprint density at radius 3 is 2.39 bits per heavy atom. The van der Waals surface area contributed by atoms with Gasteiger partial charge >= 0.3 is 0 Å². The van der Waals surface area contributed by atoms with Crippen molar-refractivity contribution in [1.29, 1.82) is 0 Å². The lowest BCUT2D eigenvalue weighted by molar-refractivity contribution is 0.104. The van der Waals surface area contributed by atoms with Crippen LogP contribution in [0.5, 0.6) is 11.5 Å². The highest BCUT2D eigenvalue weighted by atomic mass is 16.5. The lowest BCUT2D eigenvalue weighted by Gasteiger charge is -2.12. The molecule has 0 N–H and O–H groups in total. The first-order chi connectivity index (χ1) is 16.0. The molecule has 0 amide bonds. The number of carbonyl (C=O) groups is 1. The average molecular weight is 439 g/mol. The van der Waals surface area contributed by atoms with Crippen LogP contribution in [0.1, 0.15) is 27.2 Å². The zero-order valence-electron chi connectivity index (χ0n) is 19.0. The molecule has 1 heterocycles. The zero-order chi connectivity index (χ0) is 23.2. The van der Waals surface area contributed by atoms with Gasteiger partial charge in [-0.15, -0.1) is 0 Å². The number of ether oxygens (including phenoxy) is 2. The summed E-state index contributed by atoms with van der Waals surface area (Å²) in [5.41, 5.74) is 5.42. The van der Waals surface area contributed by atoms with Gasteiger partial charge in [0.1, 0.15) is 18.1 Å². The number of carbonyl (C=O) groups excluding carboxylic acids is 1. The molecule has 5 heteroatoms. The lowest BCUT2D eigenvalue weighted by Crippen LogP contribution is -1.99. The summed E-state index contributed by atoms with van der Waals surface area (Å²) in [7, 11) is 3.44. The minimum Gasteiger partial charge on any atom is -0.496 e. The molecule has 0 bridgehead atoms. The van der Waals surface area contributed by atoms with Gasteiger partial charge in [0.15, 0.2) is 5.78 Å². The van der Waals surface area contributed by atoms with Crippen molar-refractivity contribution in [2.45, 2.75) is 13.5 Å². The predicted molar refractivity (Wildman–Crippen MR) is 131 cm³/mol. The average Bonchev–Trinajstić information content (AvgIpc) is 3.20. The summed E-state index contributed by atoms with van der Waals surface area (Å²) in [6.07, 6.45) is 5.10. The van der Waals surface area contributed by atoms with Gasteiger partial charge in [-0.3, -0.25) is 9.48 Å². The molecule has 0 saturated carbocycles. The first-order valence-corrected chi connectivity index (χ1v) is 10.7. The third-order valence-electron chi connectivity index (χ3n) is 5.37. The molecule has 4 aromatic rings. The molecule has 0 unspecified atom stereocenters. The zero-order valence-corrected chi connectivity index (χ0v) is 19.0. The Bertz CT molecular complexity index is 1270. The van der Waals surface area contributed by atoms with Gasteiger partial charge < -0.3 is 9.47 Å². The molecule has 0 saturated heterocycles. The molecule has 166 valence electrons. The topological polar surface area (TPSA) is 53.4 Å². The Hall–Kier alpha value is -4.12. The van der Waals surface area contributed by atoms with Crippen molar-refractivity contribution in [3.63, 3.8) is 0 Å². The maximum absolute atomic E-state index is 12.5. The number of benzene rings is 3. The first kappa shape index (κ1) is 22.1. The van der Waals surface area contributed by atoms with Crippen LogP contribution in [0.15, 0.2) is 85.1 Å². The van der Waals surface area contributed by atoms with Crippen LogP contribution in [0.2, 0.25) is 0 Å². The van der Waals surface area contributed by atoms with Crippen LogP contribution >= 0.6 is 0 Å². The normalized spacial score (nSPS) is 11.0. The summed E-state index contributed by atoms with van der Waals surface area (Å²) in [5.74, 6) is 1.44. The minimum atomic E-state index is -0.0762. The van der Waals surface area contributed by atoms with Crippen LogP contribution in [0.25, 0.3) is 17.2 Å².